The lowest BCUT2D eigenvalue weighted by Crippen LogP contribution is -2.26. The third-order valence-electron chi connectivity index (χ3n) is 3.81. The monoisotopic (exact) mass is 406 g/mol. The summed E-state index contributed by atoms with van der Waals surface area (Å²) >= 11 is 11.9. The van der Waals surface area contributed by atoms with E-state index in [0.29, 0.717) is 32.7 Å². The van der Waals surface area contributed by atoms with Gasteiger partial charge in [0.25, 0.3) is 0 Å². The fraction of sp³-hybridized carbons (Fsp3) is 0.200. The first-order valence-electron chi connectivity index (χ1n) is 8.25. The summed E-state index contributed by atoms with van der Waals surface area (Å²) in [5.41, 5.74) is 1.10. The molecule has 2 aromatic rings. The van der Waals surface area contributed by atoms with Crippen LogP contribution in [-0.2, 0) is 9.53 Å². The number of ether oxygens (including phenoxy) is 3. The van der Waals surface area contributed by atoms with Crippen LogP contribution in [-0.4, -0.2) is 24.5 Å². The van der Waals surface area contributed by atoms with Crippen LogP contribution in [0.3, 0.4) is 0 Å². The topological polar surface area (TPSA) is 61.8 Å². The molecule has 0 bridgehead atoms. The highest BCUT2D eigenvalue weighted by Crippen LogP contribution is 2.35. The number of ketones is 1. The van der Waals surface area contributed by atoms with Gasteiger partial charge < -0.3 is 14.2 Å². The molecule has 3 rings (SSSR count). The summed E-state index contributed by atoms with van der Waals surface area (Å²) in [4.78, 5) is 24.2. The van der Waals surface area contributed by atoms with E-state index in [4.69, 9.17) is 37.4 Å². The molecule has 0 aromatic heterocycles. The molecular weight excluding hydrogens is 391 g/mol. The van der Waals surface area contributed by atoms with Crippen molar-refractivity contribution in [1.82, 2.24) is 0 Å². The fourth-order valence-electron chi connectivity index (χ4n) is 2.51. The van der Waals surface area contributed by atoms with Gasteiger partial charge in [-0.25, -0.2) is 4.79 Å². The first-order chi connectivity index (χ1) is 12.9. The third kappa shape index (κ3) is 4.26. The normalized spacial score (nSPS) is 15.3. The zero-order valence-corrected chi connectivity index (χ0v) is 16.1. The Bertz CT molecular complexity index is 936. The number of fused-ring (bicyclic) bond motifs is 1. The number of rotatable bonds is 5. The molecule has 7 heteroatoms. The summed E-state index contributed by atoms with van der Waals surface area (Å²) in [6, 6.07) is 9.80. The molecule has 0 spiro atoms. The van der Waals surface area contributed by atoms with Crippen LogP contribution in [0.1, 0.15) is 29.8 Å². The highest BCUT2D eigenvalue weighted by Gasteiger charge is 2.28. The van der Waals surface area contributed by atoms with Gasteiger partial charge in [-0.3, -0.25) is 4.79 Å². The molecule has 1 unspecified atom stereocenters. The maximum Gasteiger partial charge on any atom is 0.347 e. The number of esters is 1. The van der Waals surface area contributed by atoms with Gasteiger partial charge in [0, 0.05) is 6.07 Å². The van der Waals surface area contributed by atoms with Crippen LogP contribution in [0.4, 0.5) is 0 Å². The summed E-state index contributed by atoms with van der Waals surface area (Å²) in [6.45, 7) is 3.59. The molecule has 27 heavy (non-hydrogen) atoms. The third-order valence-corrected chi connectivity index (χ3v) is 4.55. The Kier molecular flexibility index (Phi) is 5.73. The van der Waals surface area contributed by atoms with E-state index < -0.39 is 12.1 Å². The Morgan fingerprint density at radius 3 is 2.67 bits per heavy atom. The Morgan fingerprint density at radius 1 is 1.19 bits per heavy atom. The highest BCUT2D eigenvalue weighted by molar-refractivity contribution is 6.42. The van der Waals surface area contributed by atoms with E-state index in [0.717, 1.165) is 0 Å². The minimum Gasteiger partial charge on any atom is -0.479 e. The lowest BCUT2D eigenvalue weighted by atomic mass is 10.1. The van der Waals surface area contributed by atoms with E-state index in [1.54, 1.807) is 56.3 Å². The number of hydrogen-bond acceptors (Lipinski definition) is 5. The highest BCUT2D eigenvalue weighted by atomic mass is 35.5. The van der Waals surface area contributed by atoms with Gasteiger partial charge in [-0.05, 0) is 49.8 Å². The van der Waals surface area contributed by atoms with Crippen molar-refractivity contribution < 1.29 is 23.8 Å². The maximum atomic E-state index is 12.5. The Labute approximate surface area is 166 Å². The molecular formula is C20H16Cl2O5. The van der Waals surface area contributed by atoms with Crippen molar-refractivity contribution >= 4 is 41.0 Å². The molecule has 0 saturated heterocycles. The zero-order chi connectivity index (χ0) is 19.6. The van der Waals surface area contributed by atoms with E-state index in [-0.39, 0.29) is 18.1 Å². The smallest absolute Gasteiger partial charge is 0.347 e. The largest absolute Gasteiger partial charge is 0.479 e. The molecule has 5 nitrogen and oxygen atoms in total. The summed E-state index contributed by atoms with van der Waals surface area (Å²) < 4.78 is 16.1. The predicted octanol–water partition coefficient (Wildman–Crippen LogP) is 4.94. The summed E-state index contributed by atoms with van der Waals surface area (Å²) in [7, 11) is 0. The van der Waals surface area contributed by atoms with Gasteiger partial charge in [0.15, 0.2) is 11.9 Å². The van der Waals surface area contributed by atoms with Crippen LogP contribution in [0.15, 0.2) is 42.2 Å². The molecule has 0 aliphatic carbocycles. The number of hydrogen-bond donors (Lipinski definition) is 0. The first-order valence-corrected chi connectivity index (χ1v) is 9.01. The van der Waals surface area contributed by atoms with E-state index >= 15 is 0 Å². The molecule has 0 saturated carbocycles. The van der Waals surface area contributed by atoms with Gasteiger partial charge in [0.1, 0.15) is 11.5 Å². The average molecular weight is 407 g/mol. The standard InChI is InChI=1S/C20H16Cl2O5/c1-3-25-20(24)11(2)26-13-5-6-14-17(10-13)27-18(19(14)23)9-12-4-7-15(21)16(22)8-12/h4-11H,3H2,1-2H3/b18-9-. The molecule has 0 amide bonds. The number of halogens is 2. The lowest BCUT2D eigenvalue weighted by Gasteiger charge is -2.13. The minimum absolute atomic E-state index is 0.166. The van der Waals surface area contributed by atoms with Crippen molar-refractivity contribution in [3.05, 3.63) is 63.3 Å². The summed E-state index contributed by atoms with van der Waals surface area (Å²) in [5.74, 6) is 0.216. The SMILES string of the molecule is CCOC(=O)C(C)Oc1ccc2c(c1)O/C(=C\c1ccc(Cl)c(Cl)c1)C2=O. The molecule has 1 atom stereocenters. The van der Waals surface area contributed by atoms with Gasteiger partial charge in [-0.2, -0.15) is 0 Å². The second kappa shape index (κ2) is 8.03. The molecule has 1 heterocycles. The Hall–Kier alpha value is -2.50. The van der Waals surface area contributed by atoms with Crippen molar-refractivity contribution in [3.63, 3.8) is 0 Å². The molecule has 2 aromatic carbocycles. The molecule has 0 N–H and O–H groups in total. The average Bonchev–Trinajstić information content (AvgIpc) is 2.93. The lowest BCUT2D eigenvalue weighted by molar-refractivity contribution is -0.150. The van der Waals surface area contributed by atoms with Gasteiger partial charge in [-0.15, -0.1) is 0 Å². The van der Waals surface area contributed by atoms with E-state index in [1.807, 2.05) is 0 Å². The van der Waals surface area contributed by atoms with Crippen LogP contribution in [0.5, 0.6) is 11.5 Å². The van der Waals surface area contributed by atoms with Crippen LogP contribution < -0.4 is 9.47 Å². The van der Waals surface area contributed by atoms with Gasteiger partial charge >= 0.3 is 5.97 Å². The second-order valence-corrected chi connectivity index (χ2v) is 6.60. The molecule has 1 aliphatic rings. The predicted molar refractivity (Wildman–Crippen MR) is 103 cm³/mol. The van der Waals surface area contributed by atoms with Crippen molar-refractivity contribution in [3.8, 4) is 11.5 Å². The second-order valence-electron chi connectivity index (χ2n) is 5.78. The molecule has 0 radical (unpaired) electrons. The van der Waals surface area contributed by atoms with Crippen molar-refractivity contribution in [1.29, 1.82) is 0 Å². The summed E-state index contributed by atoms with van der Waals surface area (Å²) in [6.07, 6.45) is 0.818. The Balaban J connectivity index is 1.79. The van der Waals surface area contributed by atoms with Crippen LogP contribution in [0.25, 0.3) is 6.08 Å². The summed E-state index contributed by atoms with van der Waals surface area (Å²) in [5, 5.41) is 0.816. The van der Waals surface area contributed by atoms with Crippen LogP contribution >= 0.6 is 23.2 Å². The zero-order valence-electron chi connectivity index (χ0n) is 14.6. The van der Waals surface area contributed by atoms with E-state index in [2.05, 4.69) is 0 Å². The van der Waals surface area contributed by atoms with Gasteiger partial charge in [0.05, 0.1) is 22.2 Å². The first kappa shape index (κ1) is 19.3. The van der Waals surface area contributed by atoms with Crippen molar-refractivity contribution in [2.24, 2.45) is 0 Å². The molecule has 0 fully saturated rings. The molecule has 140 valence electrons. The number of carbonyl (C=O) groups excluding carboxylic acids is 2. The quantitative estimate of drug-likeness (QED) is 0.519. The fourth-order valence-corrected chi connectivity index (χ4v) is 2.81. The number of carbonyl (C=O) groups is 2. The maximum absolute atomic E-state index is 12.5. The molecule has 1 aliphatic heterocycles. The Morgan fingerprint density at radius 2 is 1.96 bits per heavy atom. The number of benzene rings is 2. The van der Waals surface area contributed by atoms with Crippen molar-refractivity contribution in [2.75, 3.05) is 6.61 Å². The van der Waals surface area contributed by atoms with Crippen molar-refractivity contribution in [2.45, 2.75) is 20.0 Å². The van der Waals surface area contributed by atoms with Crippen LogP contribution in [0, 0.1) is 0 Å². The number of Topliss-reactive ketones (excluding diaryl/α,β-unsaturated/α-hetero) is 1. The van der Waals surface area contributed by atoms with Gasteiger partial charge in [0.2, 0.25) is 5.78 Å². The van der Waals surface area contributed by atoms with E-state index in [1.165, 1.54) is 0 Å². The minimum atomic E-state index is -0.772. The van der Waals surface area contributed by atoms with Gasteiger partial charge in [-0.1, -0.05) is 29.3 Å². The number of allylic oxidation sites excluding steroid dienone is 1. The van der Waals surface area contributed by atoms with Crippen LogP contribution in [0.2, 0.25) is 10.0 Å². The van der Waals surface area contributed by atoms with E-state index in [9.17, 15) is 9.59 Å².